The Hall–Kier alpha value is -3.35. The third kappa shape index (κ3) is 3.77. The van der Waals surface area contributed by atoms with Crippen molar-refractivity contribution in [3.63, 3.8) is 0 Å². The van der Waals surface area contributed by atoms with Gasteiger partial charge in [0.1, 0.15) is 11.4 Å². The van der Waals surface area contributed by atoms with Gasteiger partial charge in [0, 0.05) is 33.0 Å². The van der Waals surface area contributed by atoms with Crippen molar-refractivity contribution in [1.82, 2.24) is 20.2 Å². The Kier molecular flexibility index (Phi) is 4.65. The average Bonchev–Trinajstić information content (AvgIpc) is 3.24. The second-order valence-electron chi connectivity index (χ2n) is 5.86. The van der Waals surface area contributed by atoms with Crippen molar-refractivity contribution in [3.8, 4) is 11.4 Å². The molecule has 0 aliphatic heterocycles. The van der Waals surface area contributed by atoms with Gasteiger partial charge in [-0.05, 0) is 35.9 Å². The number of nitrogens with zero attached hydrogens (tertiary/aromatic N) is 4. The molecule has 2 aromatic heterocycles. The van der Waals surface area contributed by atoms with Crippen LogP contribution >= 0.6 is 0 Å². The molecular weight excluding hydrogens is 316 g/mol. The smallest absolute Gasteiger partial charge is 0.289 e. The first-order valence-electron chi connectivity index (χ1n) is 7.82. The average molecular weight is 336 g/mol. The van der Waals surface area contributed by atoms with Crippen LogP contribution in [0.5, 0.6) is 0 Å². The van der Waals surface area contributed by atoms with Crippen LogP contribution in [-0.4, -0.2) is 41.0 Å². The lowest BCUT2D eigenvalue weighted by atomic mass is 10.2. The minimum absolute atomic E-state index is 0.339. The number of aromatic nitrogens is 3. The number of carbonyl (C=O) groups excluding carboxylic acids is 1. The van der Waals surface area contributed by atoms with E-state index in [2.05, 4.69) is 20.7 Å². The van der Waals surface area contributed by atoms with Crippen LogP contribution in [0.15, 0.2) is 53.8 Å². The molecule has 0 saturated heterocycles. The number of H-pyrrole nitrogens is 1. The SMILES string of the molecule is CN(C)c1ccc(/C=N/NC(=O)c2cc(-c3cccn3C)n[nH]2)cc1. The fourth-order valence-electron chi connectivity index (χ4n) is 2.38. The van der Waals surface area contributed by atoms with Gasteiger partial charge >= 0.3 is 0 Å². The summed E-state index contributed by atoms with van der Waals surface area (Å²) in [6.45, 7) is 0. The summed E-state index contributed by atoms with van der Waals surface area (Å²) >= 11 is 0. The van der Waals surface area contributed by atoms with E-state index in [9.17, 15) is 4.79 Å². The van der Waals surface area contributed by atoms with Crippen molar-refractivity contribution in [2.45, 2.75) is 0 Å². The van der Waals surface area contributed by atoms with Gasteiger partial charge in [-0.25, -0.2) is 5.43 Å². The highest BCUT2D eigenvalue weighted by molar-refractivity contribution is 5.94. The van der Waals surface area contributed by atoms with E-state index in [1.807, 2.05) is 73.2 Å². The van der Waals surface area contributed by atoms with Crippen molar-refractivity contribution in [2.75, 3.05) is 19.0 Å². The Labute approximate surface area is 146 Å². The quantitative estimate of drug-likeness (QED) is 0.554. The molecule has 0 atom stereocenters. The number of nitrogens with one attached hydrogen (secondary N) is 2. The van der Waals surface area contributed by atoms with E-state index in [-0.39, 0.29) is 5.91 Å². The molecular formula is C18H20N6O. The Morgan fingerprint density at radius 1 is 1.28 bits per heavy atom. The summed E-state index contributed by atoms with van der Waals surface area (Å²) in [4.78, 5) is 14.2. The molecule has 0 radical (unpaired) electrons. The first-order chi connectivity index (χ1) is 12.0. The summed E-state index contributed by atoms with van der Waals surface area (Å²) in [5.74, 6) is -0.339. The van der Waals surface area contributed by atoms with E-state index in [1.54, 1.807) is 12.3 Å². The van der Waals surface area contributed by atoms with Crippen molar-refractivity contribution in [3.05, 3.63) is 59.9 Å². The van der Waals surface area contributed by atoms with E-state index in [1.165, 1.54) is 0 Å². The molecule has 2 heterocycles. The van der Waals surface area contributed by atoms with Gasteiger partial charge in [-0.15, -0.1) is 0 Å². The third-order valence-corrected chi connectivity index (χ3v) is 3.82. The molecule has 2 N–H and O–H groups in total. The molecule has 1 aromatic carbocycles. The molecule has 3 rings (SSSR count). The maximum atomic E-state index is 12.1. The zero-order valence-corrected chi connectivity index (χ0v) is 14.4. The summed E-state index contributed by atoms with van der Waals surface area (Å²) in [5.41, 5.74) is 6.50. The van der Waals surface area contributed by atoms with Gasteiger partial charge < -0.3 is 9.47 Å². The van der Waals surface area contributed by atoms with Gasteiger partial charge in [0.2, 0.25) is 0 Å². The van der Waals surface area contributed by atoms with Gasteiger partial charge in [-0.2, -0.15) is 10.2 Å². The van der Waals surface area contributed by atoms with Crippen LogP contribution in [0.25, 0.3) is 11.4 Å². The van der Waals surface area contributed by atoms with Gasteiger partial charge in [0.05, 0.1) is 11.9 Å². The van der Waals surface area contributed by atoms with Crippen molar-refractivity contribution < 1.29 is 4.79 Å². The molecule has 0 fully saturated rings. The lowest BCUT2D eigenvalue weighted by Gasteiger charge is -2.11. The lowest BCUT2D eigenvalue weighted by molar-refractivity contribution is 0.0950. The van der Waals surface area contributed by atoms with Crippen LogP contribution in [0.3, 0.4) is 0 Å². The highest BCUT2D eigenvalue weighted by Gasteiger charge is 2.11. The van der Waals surface area contributed by atoms with Crippen LogP contribution < -0.4 is 10.3 Å². The second-order valence-corrected chi connectivity index (χ2v) is 5.86. The topological polar surface area (TPSA) is 78.3 Å². The summed E-state index contributed by atoms with van der Waals surface area (Å²) < 4.78 is 1.94. The number of hydrogen-bond donors (Lipinski definition) is 2. The molecule has 0 unspecified atom stereocenters. The highest BCUT2D eigenvalue weighted by Crippen LogP contribution is 2.17. The van der Waals surface area contributed by atoms with Gasteiger partial charge in [0.25, 0.3) is 5.91 Å². The molecule has 1 amide bonds. The number of rotatable bonds is 5. The maximum Gasteiger partial charge on any atom is 0.289 e. The first-order valence-corrected chi connectivity index (χ1v) is 7.82. The molecule has 0 bridgehead atoms. The van der Waals surface area contributed by atoms with Crippen molar-refractivity contribution in [2.24, 2.45) is 12.1 Å². The summed E-state index contributed by atoms with van der Waals surface area (Å²) in [6.07, 6.45) is 3.53. The Morgan fingerprint density at radius 3 is 2.68 bits per heavy atom. The van der Waals surface area contributed by atoms with Gasteiger partial charge in [0.15, 0.2) is 0 Å². The number of anilines is 1. The van der Waals surface area contributed by atoms with Crippen molar-refractivity contribution >= 4 is 17.8 Å². The molecule has 0 saturated carbocycles. The van der Waals surface area contributed by atoms with E-state index in [4.69, 9.17) is 0 Å². The minimum atomic E-state index is -0.339. The lowest BCUT2D eigenvalue weighted by Crippen LogP contribution is -2.18. The monoisotopic (exact) mass is 336 g/mol. The summed E-state index contributed by atoms with van der Waals surface area (Å²) in [6, 6.07) is 13.4. The molecule has 0 aliphatic rings. The van der Waals surface area contributed by atoms with Crippen molar-refractivity contribution in [1.29, 1.82) is 0 Å². The van der Waals surface area contributed by atoms with Gasteiger partial charge in [-0.1, -0.05) is 12.1 Å². The van der Waals surface area contributed by atoms with Crippen LogP contribution in [0.4, 0.5) is 5.69 Å². The molecule has 7 heteroatoms. The number of aryl methyl sites for hydroxylation is 1. The number of benzene rings is 1. The zero-order valence-electron chi connectivity index (χ0n) is 14.4. The minimum Gasteiger partial charge on any atom is -0.378 e. The largest absolute Gasteiger partial charge is 0.378 e. The fourth-order valence-corrected chi connectivity index (χ4v) is 2.38. The molecule has 25 heavy (non-hydrogen) atoms. The molecule has 0 aliphatic carbocycles. The first kappa shape index (κ1) is 16.5. The van der Waals surface area contributed by atoms with Gasteiger partial charge in [-0.3, -0.25) is 9.89 Å². The fraction of sp³-hybridized carbons (Fsp3) is 0.167. The molecule has 0 spiro atoms. The zero-order chi connectivity index (χ0) is 17.8. The van der Waals surface area contributed by atoms with Crippen LogP contribution in [-0.2, 0) is 7.05 Å². The summed E-state index contributed by atoms with van der Waals surface area (Å²) in [5, 5.41) is 10.9. The molecule has 7 nitrogen and oxygen atoms in total. The number of hydrazone groups is 1. The van der Waals surface area contributed by atoms with Crippen LogP contribution in [0.2, 0.25) is 0 Å². The predicted octanol–water partition coefficient (Wildman–Crippen LogP) is 2.25. The number of carbonyl (C=O) groups is 1. The van der Waals surface area contributed by atoms with E-state index < -0.39 is 0 Å². The van der Waals surface area contributed by atoms with E-state index in [0.29, 0.717) is 11.4 Å². The Balaban J connectivity index is 1.63. The molecule has 128 valence electrons. The maximum absolute atomic E-state index is 12.1. The predicted molar refractivity (Wildman–Crippen MR) is 98.8 cm³/mol. The number of hydrogen-bond acceptors (Lipinski definition) is 4. The Morgan fingerprint density at radius 2 is 2.04 bits per heavy atom. The normalized spacial score (nSPS) is 11.0. The Bertz CT molecular complexity index is 888. The highest BCUT2D eigenvalue weighted by atomic mass is 16.2. The van der Waals surface area contributed by atoms with E-state index >= 15 is 0 Å². The standard InChI is InChI=1S/C18H20N6O/c1-23(2)14-8-6-13(7-9-14)12-19-22-18(25)16-11-15(20-21-16)17-5-4-10-24(17)3/h4-12H,1-3H3,(H,20,21)(H,22,25)/b19-12+. The van der Waals surface area contributed by atoms with Crippen LogP contribution in [0, 0.1) is 0 Å². The third-order valence-electron chi connectivity index (χ3n) is 3.82. The second kappa shape index (κ2) is 7.04. The van der Waals surface area contributed by atoms with Crippen LogP contribution in [0.1, 0.15) is 16.1 Å². The van der Waals surface area contributed by atoms with E-state index in [0.717, 1.165) is 16.9 Å². The number of aromatic amines is 1. The number of amides is 1. The molecule has 3 aromatic rings. The summed E-state index contributed by atoms with van der Waals surface area (Å²) in [7, 11) is 5.89.